The Morgan fingerprint density at radius 3 is 2.33 bits per heavy atom. The number of nitriles is 1. The van der Waals surface area contributed by atoms with Crippen molar-refractivity contribution in [3.05, 3.63) is 70.3 Å². The Morgan fingerprint density at radius 1 is 1.15 bits per heavy atom. The fourth-order valence-electron chi connectivity index (χ4n) is 2.71. The van der Waals surface area contributed by atoms with Crippen LogP contribution >= 0.6 is 0 Å². The van der Waals surface area contributed by atoms with Crippen LogP contribution in [0.2, 0.25) is 0 Å². The molecular weight excluding hydrogens is 344 g/mol. The summed E-state index contributed by atoms with van der Waals surface area (Å²) in [5.74, 6) is 0.857. The molecule has 0 saturated heterocycles. The molecule has 3 rings (SSSR count). The van der Waals surface area contributed by atoms with Crippen molar-refractivity contribution in [1.29, 1.82) is 5.26 Å². The summed E-state index contributed by atoms with van der Waals surface area (Å²) in [7, 11) is 0. The molecule has 7 heteroatoms. The Balaban J connectivity index is 2.08. The molecule has 1 aromatic heterocycles. The number of nitrogens with zero attached hydrogens (tertiary/aromatic N) is 3. The second-order valence-corrected chi connectivity index (χ2v) is 5.69. The van der Waals surface area contributed by atoms with E-state index in [-0.39, 0.29) is 17.1 Å². The van der Waals surface area contributed by atoms with Gasteiger partial charge in [-0.05, 0) is 55.0 Å². The summed E-state index contributed by atoms with van der Waals surface area (Å²) in [5, 5.41) is 20.3. The Morgan fingerprint density at radius 2 is 1.78 bits per heavy atom. The Kier molecular flexibility index (Phi) is 4.99. The number of benzene rings is 2. The van der Waals surface area contributed by atoms with Crippen LogP contribution in [0.4, 0.5) is 11.5 Å². The van der Waals surface area contributed by atoms with Crippen molar-refractivity contribution < 1.29 is 9.66 Å². The zero-order valence-electron chi connectivity index (χ0n) is 14.5. The predicted molar refractivity (Wildman–Crippen MR) is 102 cm³/mol. The summed E-state index contributed by atoms with van der Waals surface area (Å²) in [6.07, 6.45) is 0. The highest BCUT2D eigenvalue weighted by atomic mass is 16.6. The van der Waals surface area contributed by atoms with E-state index in [0.29, 0.717) is 23.4 Å². The molecule has 0 atom stereocenters. The lowest BCUT2D eigenvalue weighted by atomic mass is 9.98. The minimum atomic E-state index is -0.471. The van der Waals surface area contributed by atoms with Crippen molar-refractivity contribution in [1.82, 2.24) is 4.98 Å². The molecule has 0 saturated carbocycles. The van der Waals surface area contributed by atoms with Crippen LogP contribution in [0.1, 0.15) is 12.5 Å². The van der Waals surface area contributed by atoms with Gasteiger partial charge in [-0.2, -0.15) is 5.26 Å². The van der Waals surface area contributed by atoms with Crippen molar-refractivity contribution >= 4 is 11.5 Å². The third kappa shape index (κ3) is 3.70. The van der Waals surface area contributed by atoms with Gasteiger partial charge >= 0.3 is 0 Å². The second kappa shape index (κ2) is 7.54. The fraction of sp³-hybridized carbons (Fsp3) is 0.100. The summed E-state index contributed by atoms with van der Waals surface area (Å²) in [5.41, 5.74) is 8.85. The number of anilines is 1. The van der Waals surface area contributed by atoms with E-state index >= 15 is 0 Å². The molecule has 0 radical (unpaired) electrons. The van der Waals surface area contributed by atoms with Crippen molar-refractivity contribution in [2.45, 2.75) is 6.92 Å². The zero-order chi connectivity index (χ0) is 19.4. The highest BCUT2D eigenvalue weighted by Crippen LogP contribution is 2.32. The van der Waals surface area contributed by atoms with Gasteiger partial charge in [0.05, 0.1) is 17.2 Å². The molecule has 0 aliphatic heterocycles. The first-order valence-electron chi connectivity index (χ1n) is 8.22. The molecule has 2 aromatic carbocycles. The van der Waals surface area contributed by atoms with Gasteiger partial charge in [-0.3, -0.25) is 10.1 Å². The van der Waals surface area contributed by atoms with Crippen LogP contribution in [0.25, 0.3) is 22.4 Å². The molecule has 0 aliphatic rings. The smallest absolute Gasteiger partial charge is 0.269 e. The van der Waals surface area contributed by atoms with Gasteiger partial charge in [0.2, 0.25) is 0 Å². The van der Waals surface area contributed by atoms with Gasteiger partial charge in [-0.1, -0.05) is 0 Å². The summed E-state index contributed by atoms with van der Waals surface area (Å²) >= 11 is 0. The maximum atomic E-state index is 10.9. The van der Waals surface area contributed by atoms with Crippen LogP contribution in [0.15, 0.2) is 54.6 Å². The lowest BCUT2D eigenvalue weighted by molar-refractivity contribution is -0.384. The number of nitrogen functional groups attached to an aromatic ring is 1. The standard InChI is InChI=1S/C20H16N4O3/c1-2-27-16-9-5-14(6-10-16)19-11-17(18(12-21)20(22)23-19)13-3-7-15(8-4-13)24(25)26/h3-11H,2H2,1H3,(H2,22,23). The number of aromatic nitrogens is 1. The van der Waals surface area contributed by atoms with E-state index in [1.54, 1.807) is 18.2 Å². The first-order chi connectivity index (χ1) is 13.0. The quantitative estimate of drug-likeness (QED) is 0.539. The molecule has 3 aromatic rings. The van der Waals surface area contributed by atoms with Gasteiger partial charge in [0.1, 0.15) is 23.2 Å². The molecule has 0 unspecified atom stereocenters. The summed E-state index contributed by atoms with van der Waals surface area (Å²) in [6.45, 7) is 2.49. The first-order valence-corrected chi connectivity index (χ1v) is 8.22. The second-order valence-electron chi connectivity index (χ2n) is 5.69. The van der Waals surface area contributed by atoms with Crippen LogP contribution < -0.4 is 10.5 Å². The van der Waals surface area contributed by atoms with Gasteiger partial charge in [0.15, 0.2) is 0 Å². The number of hydrogen-bond acceptors (Lipinski definition) is 6. The molecular formula is C20H16N4O3. The number of nitro groups is 1. The molecule has 134 valence electrons. The molecule has 0 aliphatic carbocycles. The number of rotatable bonds is 5. The normalized spacial score (nSPS) is 10.2. The molecule has 1 heterocycles. The van der Waals surface area contributed by atoms with Gasteiger partial charge in [-0.25, -0.2) is 4.98 Å². The lowest BCUT2D eigenvalue weighted by Gasteiger charge is -2.11. The summed E-state index contributed by atoms with van der Waals surface area (Å²) in [6, 6.07) is 17.2. The molecule has 0 bridgehead atoms. The number of nitro benzene ring substituents is 1. The van der Waals surface area contributed by atoms with E-state index in [1.165, 1.54) is 12.1 Å². The predicted octanol–water partition coefficient (Wildman–Crippen LogP) is 4.18. The van der Waals surface area contributed by atoms with E-state index in [9.17, 15) is 15.4 Å². The van der Waals surface area contributed by atoms with Crippen LogP contribution in [0, 0.1) is 21.4 Å². The number of non-ortho nitro benzene ring substituents is 1. The van der Waals surface area contributed by atoms with Gasteiger partial charge < -0.3 is 10.5 Å². The highest BCUT2D eigenvalue weighted by molar-refractivity contribution is 5.80. The first kappa shape index (κ1) is 17.9. The van der Waals surface area contributed by atoms with E-state index in [1.807, 2.05) is 31.2 Å². The van der Waals surface area contributed by atoms with E-state index in [2.05, 4.69) is 11.1 Å². The lowest BCUT2D eigenvalue weighted by Crippen LogP contribution is -2.00. The zero-order valence-corrected chi connectivity index (χ0v) is 14.5. The summed E-state index contributed by atoms with van der Waals surface area (Å²) in [4.78, 5) is 14.7. The van der Waals surface area contributed by atoms with E-state index < -0.39 is 4.92 Å². The van der Waals surface area contributed by atoms with Crippen LogP contribution in [0.3, 0.4) is 0 Å². The molecule has 7 nitrogen and oxygen atoms in total. The van der Waals surface area contributed by atoms with Crippen LogP contribution in [-0.2, 0) is 0 Å². The molecule has 27 heavy (non-hydrogen) atoms. The SMILES string of the molecule is CCOc1ccc(-c2cc(-c3ccc([N+](=O)[O-])cc3)c(C#N)c(N)n2)cc1. The van der Waals surface area contributed by atoms with Crippen molar-refractivity contribution in [3.63, 3.8) is 0 Å². The highest BCUT2D eigenvalue weighted by Gasteiger charge is 2.14. The number of ether oxygens (including phenoxy) is 1. The fourth-order valence-corrected chi connectivity index (χ4v) is 2.71. The maximum Gasteiger partial charge on any atom is 0.269 e. The van der Waals surface area contributed by atoms with Gasteiger partial charge in [0.25, 0.3) is 5.69 Å². The molecule has 0 fully saturated rings. The molecule has 0 spiro atoms. The van der Waals surface area contributed by atoms with E-state index in [0.717, 1.165) is 11.3 Å². The molecule has 0 amide bonds. The summed E-state index contributed by atoms with van der Waals surface area (Å²) < 4.78 is 5.44. The average Bonchev–Trinajstić information content (AvgIpc) is 2.68. The van der Waals surface area contributed by atoms with Gasteiger partial charge in [-0.15, -0.1) is 0 Å². The monoisotopic (exact) mass is 360 g/mol. The average molecular weight is 360 g/mol. The van der Waals surface area contributed by atoms with Gasteiger partial charge in [0, 0.05) is 23.3 Å². The minimum absolute atomic E-state index is 0.0222. The Bertz CT molecular complexity index is 1020. The maximum absolute atomic E-state index is 10.9. The third-order valence-corrected chi connectivity index (χ3v) is 4.01. The van der Waals surface area contributed by atoms with Crippen LogP contribution in [0.5, 0.6) is 5.75 Å². The van der Waals surface area contributed by atoms with Crippen molar-refractivity contribution in [2.24, 2.45) is 0 Å². The number of pyridine rings is 1. The Labute approximate surface area is 155 Å². The van der Waals surface area contributed by atoms with Crippen molar-refractivity contribution in [3.8, 4) is 34.2 Å². The minimum Gasteiger partial charge on any atom is -0.494 e. The molecule has 2 N–H and O–H groups in total. The number of nitrogens with two attached hydrogens (primary N) is 1. The Hall–Kier alpha value is -3.92. The van der Waals surface area contributed by atoms with Crippen LogP contribution in [-0.4, -0.2) is 16.5 Å². The number of hydrogen-bond donors (Lipinski definition) is 1. The largest absolute Gasteiger partial charge is 0.494 e. The van der Waals surface area contributed by atoms with Crippen molar-refractivity contribution in [2.75, 3.05) is 12.3 Å². The third-order valence-electron chi connectivity index (χ3n) is 4.01. The van der Waals surface area contributed by atoms with E-state index in [4.69, 9.17) is 10.5 Å². The topological polar surface area (TPSA) is 115 Å².